The Labute approximate surface area is 172 Å². The van der Waals surface area contributed by atoms with Crippen LogP contribution in [0.4, 0.5) is 16.8 Å². The molecule has 0 aliphatic rings. The van der Waals surface area contributed by atoms with E-state index in [-0.39, 0.29) is 5.91 Å². The van der Waals surface area contributed by atoms with E-state index in [4.69, 9.17) is 4.74 Å². The van der Waals surface area contributed by atoms with E-state index in [1.165, 1.54) is 17.5 Å². The number of carbonyl (C=O) groups is 2. The molecule has 0 fully saturated rings. The van der Waals surface area contributed by atoms with Crippen molar-refractivity contribution in [3.05, 3.63) is 57.9 Å². The molecule has 0 atom stereocenters. The van der Waals surface area contributed by atoms with Gasteiger partial charge >= 0.3 is 5.97 Å². The molecule has 0 saturated carbocycles. The number of amides is 1. The number of aromatic nitrogens is 3. The standard InChI is InChI=1S/C20H21N5O3S/c1-5-28-18(27)16-13(4)23-20(29-16)25-19-21-10-14(12(3)22-19)17(26)24-15-9-7-6-8-11(15)2/h6-10H,5H2,1-4H3,(H,24,26)(H,21,22,23,25). The summed E-state index contributed by atoms with van der Waals surface area (Å²) in [6.07, 6.45) is 1.46. The Kier molecular flexibility index (Phi) is 6.18. The van der Waals surface area contributed by atoms with E-state index >= 15 is 0 Å². The molecule has 8 nitrogen and oxygen atoms in total. The summed E-state index contributed by atoms with van der Waals surface area (Å²) in [4.78, 5) is 37.8. The van der Waals surface area contributed by atoms with Gasteiger partial charge in [-0.25, -0.2) is 19.7 Å². The minimum Gasteiger partial charge on any atom is -0.462 e. The molecule has 3 rings (SSSR count). The molecular formula is C20H21N5O3S. The molecule has 0 bridgehead atoms. The van der Waals surface area contributed by atoms with E-state index in [1.807, 2.05) is 31.2 Å². The van der Waals surface area contributed by atoms with E-state index in [9.17, 15) is 9.59 Å². The Morgan fingerprint density at radius 2 is 1.86 bits per heavy atom. The quantitative estimate of drug-likeness (QED) is 0.590. The molecule has 3 aromatic rings. The molecule has 2 heterocycles. The maximum atomic E-state index is 12.6. The third kappa shape index (κ3) is 4.75. The zero-order valence-corrected chi connectivity index (χ0v) is 17.4. The third-order valence-electron chi connectivity index (χ3n) is 4.09. The summed E-state index contributed by atoms with van der Waals surface area (Å²) in [6, 6.07) is 7.53. The number of benzene rings is 1. The van der Waals surface area contributed by atoms with Crippen molar-refractivity contribution in [3.63, 3.8) is 0 Å². The molecule has 0 radical (unpaired) electrons. The van der Waals surface area contributed by atoms with Crippen LogP contribution in [0.2, 0.25) is 0 Å². The van der Waals surface area contributed by atoms with Gasteiger partial charge in [0.05, 0.1) is 23.6 Å². The van der Waals surface area contributed by atoms with Crippen LogP contribution in [0.5, 0.6) is 0 Å². The van der Waals surface area contributed by atoms with Gasteiger partial charge in [0.2, 0.25) is 5.95 Å². The molecule has 1 aromatic carbocycles. The lowest BCUT2D eigenvalue weighted by Gasteiger charge is -2.10. The molecule has 0 unspecified atom stereocenters. The van der Waals surface area contributed by atoms with Crippen molar-refractivity contribution in [2.24, 2.45) is 0 Å². The van der Waals surface area contributed by atoms with E-state index < -0.39 is 5.97 Å². The lowest BCUT2D eigenvalue weighted by atomic mass is 10.2. The second kappa shape index (κ2) is 8.78. The van der Waals surface area contributed by atoms with E-state index in [1.54, 1.807) is 20.8 Å². The number of nitrogens with zero attached hydrogens (tertiary/aromatic N) is 3. The van der Waals surface area contributed by atoms with E-state index in [0.29, 0.717) is 39.5 Å². The molecule has 0 aliphatic heterocycles. The number of anilines is 3. The molecule has 9 heteroatoms. The van der Waals surface area contributed by atoms with Crippen LogP contribution in [0.1, 0.15) is 43.9 Å². The summed E-state index contributed by atoms with van der Waals surface area (Å²) in [7, 11) is 0. The number of esters is 1. The van der Waals surface area contributed by atoms with Crippen molar-refractivity contribution in [1.82, 2.24) is 15.0 Å². The van der Waals surface area contributed by atoms with Gasteiger partial charge in [0.1, 0.15) is 4.88 Å². The summed E-state index contributed by atoms with van der Waals surface area (Å²) < 4.78 is 5.02. The van der Waals surface area contributed by atoms with Gasteiger partial charge in [0.25, 0.3) is 5.91 Å². The van der Waals surface area contributed by atoms with E-state index in [2.05, 4.69) is 25.6 Å². The van der Waals surface area contributed by atoms with Crippen molar-refractivity contribution in [2.45, 2.75) is 27.7 Å². The Morgan fingerprint density at radius 3 is 2.55 bits per heavy atom. The highest BCUT2D eigenvalue weighted by Crippen LogP contribution is 2.25. The SMILES string of the molecule is CCOC(=O)c1sc(Nc2ncc(C(=O)Nc3ccccc3C)c(C)n2)nc1C. The average molecular weight is 411 g/mol. The van der Waals surface area contributed by atoms with Gasteiger partial charge in [-0.2, -0.15) is 0 Å². The number of ether oxygens (including phenoxy) is 1. The van der Waals surface area contributed by atoms with Gasteiger partial charge in [0.15, 0.2) is 5.13 Å². The number of para-hydroxylation sites is 1. The number of aryl methyl sites for hydroxylation is 3. The van der Waals surface area contributed by atoms with Crippen LogP contribution in [0, 0.1) is 20.8 Å². The van der Waals surface area contributed by atoms with E-state index in [0.717, 1.165) is 11.3 Å². The minimum atomic E-state index is -0.407. The predicted octanol–water partition coefficient (Wildman–Crippen LogP) is 4.03. The minimum absolute atomic E-state index is 0.280. The van der Waals surface area contributed by atoms with Crippen LogP contribution in [0.15, 0.2) is 30.5 Å². The van der Waals surface area contributed by atoms with Gasteiger partial charge in [-0.15, -0.1) is 0 Å². The summed E-state index contributed by atoms with van der Waals surface area (Å²) in [5.74, 6) is -0.395. The number of thiazole rings is 1. The Morgan fingerprint density at radius 1 is 1.10 bits per heavy atom. The van der Waals surface area contributed by atoms with Crippen LogP contribution >= 0.6 is 11.3 Å². The highest BCUT2D eigenvalue weighted by Gasteiger charge is 2.18. The second-order valence-electron chi connectivity index (χ2n) is 6.24. The molecule has 0 spiro atoms. The van der Waals surface area contributed by atoms with Crippen LogP contribution in [0.3, 0.4) is 0 Å². The largest absolute Gasteiger partial charge is 0.462 e. The summed E-state index contributed by atoms with van der Waals surface area (Å²) in [5, 5.41) is 6.32. The molecule has 1 amide bonds. The maximum Gasteiger partial charge on any atom is 0.350 e. The Hall–Kier alpha value is -3.33. The lowest BCUT2D eigenvalue weighted by Crippen LogP contribution is -2.16. The van der Waals surface area contributed by atoms with Gasteiger partial charge in [0, 0.05) is 11.9 Å². The van der Waals surface area contributed by atoms with Gasteiger partial charge < -0.3 is 15.4 Å². The molecule has 29 heavy (non-hydrogen) atoms. The summed E-state index contributed by atoms with van der Waals surface area (Å²) in [6.45, 7) is 7.44. The third-order valence-corrected chi connectivity index (χ3v) is 5.15. The fourth-order valence-corrected chi connectivity index (χ4v) is 3.44. The van der Waals surface area contributed by atoms with Crippen molar-refractivity contribution >= 4 is 40.0 Å². The zero-order valence-electron chi connectivity index (χ0n) is 16.6. The first-order valence-electron chi connectivity index (χ1n) is 9.01. The number of rotatable bonds is 6. The fourth-order valence-electron chi connectivity index (χ4n) is 2.58. The average Bonchev–Trinajstić information content (AvgIpc) is 3.04. The molecule has 2 aromatic heterocycles. The Bertz CT molecular complexity index is 1060. The molecular weight excluding hydrogens is 390 g/mol. The van der Waals surface area contributed by atoms with Gasteiger partial charge in [-0.1, -0.05) is 29.5 Å². The highest BCUT2D eigenvalue weighted by molar-refractivity contribution is 7.17. The second-order valence-corrected chi connectivity index (χ2v) is 7.24. The van der Waals surface area contributed by atoms with Crippen LogP contribution in [0.25, 0.3) is 0 Å². The van der Waals surface area contributed by atoms with Crippen molar-refractivity contribution in [2.75, 3.05) is 17.2 Å². The lowest BCUT2D eigenvalue weighted by molar-refractivity contribution is 0.0531. The molecule has 150 valence electrons. The first-order chi connectivity index (χ1) is 13.9. The number of carbonyl (C=O) groups excluding carboxylic acids is 2. The van der Waals surface area contributed by atoms with Crippen molar-refractivity contribution < 1.29 is 14.3 Å². The Balaban J connectivity index is 1.74. The first-order valence-corrected chi connectivity index (χ1v) is 9.83. The normalized spacial score (nSPS) is 10.5. The fraction of sp³-hybridized carbons (Fsp3) is 0.250. The molecule has 0 aliphatic carbocycles. The molecule has 2 N–H and O–H groups in total. The summed E-state index contributed by atoms with van der Waals surface area (Å²) in [5.41, 5.74) is 3.17. The number of hydrogen-bond acceptors (Lipinski definition) is 8. The van der Waals surface area contributed by atoms with Crippen LogP contribution < -0.4 is 10.6 Å². The highest BCUT2D eigenvalue weighted by atomic mass is 32.1. The van der Waals surface area contributed by atoms with Crippen LogP contribution in [-0.2, 0) is 4.74 Å². The smallest absolute Gasteiger partial charge is 0.350 e. The predicted molar refractivity (Wildman–Crippen MR) is 112 cm³/mol. The first kappa shape index (κ1) is 20.4. The van der Waals surface area contributed by atoms with Crippen molar-refractivity contribution in [3.8, 4) is 0 Å². The number of hydrogen-bond donors (Lipinski definition) is 2. The monoisotopic (exact) mass is 411 g/mol. The van der Waals surface area contributed by atoms with Gasteiger partial charge in [-0.05, 0) is 39.3 Å². The zero-order chi connectivity index (χ0) is 21.0. The summed E-state index contributed by atoms with van der Waals surface area (Å²) >= 11 is 1.17. The molecule has 0 saturated heterocycles. The van der Waals surface area contributed by atoms with Crippen LogP contribution in [-0.4, -0.2) is 33.4 Å². The van der Waals surface area contributed by atoms with Crippen molar-refractivity contribution in [1.29, 1.82) is 0 Å². The maximum absolute atomic E-state index is 12.6. The topological polar surface area (TPSA) is 106 Å². The van der Waals surface area contributed by atoms with Gasteiger partial charge in [-0.3, -0.25) is 4.79 Å². The number of nitrogens with one attached hydrogen (secondary N) is 2.